The first-order chi connectivity index (χ1) is 17.6. The largest absolute Gasteiger partial charge is 0.481 e. The van der Waals surface area contributed by atoms with E-state index in [-0.39, 0.29) is 10.7 Å². The van der Waals surface area contributed by atoms with Crippen LogP contribution >= 0.6 is 11.6 Å². The fourth-order valence-corrected chi connectivity index (χ4v) is 5.18. The average molecular weight is 536 g/mol. The molecule has 0 amide bonds. The van der Waals surface area contributed by atoms with Crippen molar-refractivity contribution in [1.82, 2.24) is 14.5 Å². The minimum Gasteiger partial charge on any atom is -0.481 e. The molecule has 0 spiro atoms. The molecule has 5 rings (SSSR count). The summed E-state index contributed by atoms with van der Waals surface area (Å²) < 4.78 is 44.4. The lowest BCUT2D eigenvalue weighted by Gasteiger charge is -2.13. The van der Waals surface area contributed by atoms with Gasteiger partial charge in [-0.2, -0.15) is 0 Å². The fourth-order valence-electron chi connectivity index (χ4n) is 4.26. The van der Waals surface area contributed by atoms with E-state index >= 15 is 0 Å². The summed E-state index contributed by atoms with van der Waals surface area (Å²) in [4.78, 5) is 9.68. The van der Waals surface area contributed by atoms with Gasteiger partial charge in [0.25, 0.3) is 0 Å². The highest BCUT2D eigenvalue weighted by Crippen LogP contribution is 2.36. The molecule has 0 radical (unpaired) electrons. The Balaban J connectivity index is 1.55. The van der Waals surface area contributed by atoms with Gasteiger partial charge in [-0.1, -0.05) is 29.8 Å². The maximum absolute atomic E-state index is 13.4. The summed E-state index contributed by atoms with van der Waals surface area (Å²) in [6.45, 7) is 0. The van der Waals surface area contributed by atoms with Crippen LogP contribution in [0.25, 0.3) is 33.5 Å². The third-order valence-electron chi connectivity index (χ3n) is 6.18. The molecular weight excluding hydrogens is 513 g/mol. The second kappa shape index (κ2) is 9.61. The Bertz CT molecular complexity index is 1730. The third kappa shape index (κ3) is 4.95. The SMILES string of the molecule is COc1nc2ccc(-c3cn(C)c(-c4ccc(F)cc4)n3)cc2c(Cl)c1Cc1ccc(S(C)(=O)=O)cc1. The summed E-state index contributed by atoms with van der Waals surface area (Å²) in [5.41, 5.74) is 4.66. The predicted molar refractivity (Wildman–Crippen MR) is 143 cm³/mol. The van der Waals surface area contributed by atoms with Gasteiger partial charge in [0.15, 0.2) is 9.84 Å². The first kappa shape index (κ1) is 24.9. The molecule has 5 aromatic rings. The number of halogens is 2. The molecule has 9 heteroatoms. The quantitative estimate of drug-likeness (QED) is 0.263. The number of hydrogen-bond donors (Lipinski definition) is 0. The standard InChI is InChI=1S/C28H23ClFN3O3S/c1-33-16-25(31-27(33)18-6-9-20(30)10-7-18)19-8-13-24-22(15-19)26(29)23(28(32-24)36-2)14-17-4-11-21(12-5-17)37(3,34)35/h4-13,15-16H,14H2,1-3H3. The number of aryl methyl sites for hydroxylation is 1. The predicted octanol–water partition coefficient (Wildman–Crippen LogP) is 6.10. The number of rotatable bonds is 6. The van der Waals surface area contributed by atoms with Crippen molar-refractivity contribution in [2.75, 3.05) is 13.4 Å². The van der Waals surface area contributed by atoms with Crippen LogP contribution in [0.2, 0.25) is 5.02 Å². The van der Waals surface area contributed by atoms with Crippen LogP contribution in [-0.2, 0) is 23.3 Å². The highest BCUT2D eigenvalue weighted by molar-refractivity contribution is 7.90. The van der Waals surface area contributed by atoms with E-state index in [1.807, 2.05) is 36.0 Å². The van der Waals surface area contributed by atoms with E-state index in [4.69, 9.17) is 21.3 Å². The molecule has 0 aliphatic rings. The Hall–Kier alpha value is -3.75. The van der Waals surface area contributed by atoms with Gasteiger partial charge >= 0.3 is 0 Å². The van der Waals surface area contributed by atoms with Crippen LogP contribution < -0.4 is 4.74 Å². The first-order valence-corrected chi connectivity index (χ1v) is 13.7. The fraction of sp³-hybridized carbons (Fsp3) is 0.143. The molecule has 0 atom stereocenters. The molecule has 0 aliphatic heterocycles. The van der Waals surface area contributed by atoms with Crippen molar-refractivity contribution in [2.24, 2.45) is 7.05 Å². The van der Waals surface area contributed by atoms with Gasteiger partial charge in [0.2, 0.25) is 5.88 Å². The van der Waals surface area contributed by atoms with Crippen molar-refractivity contribution in [1.29, 1.82) is 0 Å². The monoisotopic (exact) mass is 535 g/mol. The van der Waals surface area contributed by atoms with Crippen molar-refractivity contribution in [3.8, 4) is 28.5 Å². The molecule has 0 bridgehead atoms. The smallest absolute Gasteiger partial charge is 0.218 e. The minimum atomic E-state index is -3.28. The van der Waals surface area contributed by atoms with Gasteiger partial charge in [0.1, 0.15) is 11.6 Å². The zero-order valence-electron chi connectivity index (χ0n) is 20.4. The molecule has 0 unspecified atom stereocenters. The third-order valence-corrected chi connectivity index (χ3v) is 7.74. The van der Waals surface area contributed by atoms with Gasteiger partial charge in [0, 0.05) is 48.0 Å². The number of ether oxygens (including phenoxy) is 1. The van der Waals surface area contributed by atoms with E-state index < -0.39 is 9.84 Å². The Morgan fingerprint density at radius 3 is 2.30 bits per heavy atom. The molecule has 0 fully saturated rings. The van der Waals surface area contributed by atoms with Gasteiger partial charge < -0.3 is 9.30 Å². The van der Waals surface area contributed by atoms with E-state index in [2.05, 4.69) is 4.98 Å². The number of methoxy groups -OCH3 is 1. The second-order valence-electron chi connectivity index (χ2n) is 8.81. The number of aromatic nitrogens is 3. The number of pyridine rings is 1. The molecule has 0 saturated heterocycles. The average Bonchev–Trinajstić information content (AvgIpc) is 3.27. The number of fused-ring (bicyclic) bond motifs is 1. The van der Waals surface area contributed by atoms with Crippen LogP contribution in [0.1, 0.15) is 11.1 Å². The van der Waals surface area contributed by atoms with Crippen LogP contribution in [0.3, 0.4) is 0 Å². The summed E-state index contributed by atoms with van der Waals surface area (Å²) >= 11 is 6.91. The lowest BCUT2D eigenvalue weighted by Crippen LogP contribution is -2.01. The topological polar surface area (TPSA) is 74.1 Å². The van der Waals surface area contributed by atoms with Gasteiger partial charge in [-0.25, -0.2) is 22.8 Å². The normalized spacial score (nSPS) is 11.7. The number of sulfone groups is 1. The molecular formula is C28H23ClFN3O3S. The van der Waals surface area contributed by atoms with E-state index in [9.17, 15) is 12.8 Å². The van der Waals surface area contributed by atoms with E-state index in [1.54, 1.807) is 43.5 Å². The number of benzene rings is 3. The summed E-state index contributed by atoms with van der Waals surface area (Å²) in [5, 5.41) is 1.25. The van der Waals surface area contributed by atoms with Crippen LogP contribution in [0, 0.1) is 5.82 Å². The lowest BCUT2D eigenvalue weighted by molar-refractivity contribution is 0.395. The molecule has 0 aliphatic carbocycles. The minimum absolute atomic E-state index is 0.256. The molecule has 2 aromatic heterocycles. The summed E-state index contributed by atoms with van der Waals surface area (Å²) in [7, 11) is 0.151. The van der Waals surface area contributed by atoms with Gasteiger partial charge in [0.05, 0.1) is 28.2 Å². The summed E-state index contributed by atoms with van der Waals surface area (Å²) in [6, 6.07) is 18.6. The van der Waals surface area contributed by atoms with Crippen molar-refractivity contribution < 1.29 is 17.5 Å². The van der Waals surface area contributed by atoms with Crippen molar-refractivity contribution >= 4 is 32.3 Å². The molecule has 3 aromatic carbocycles. The zero-order chi connectivity index (χ0) is 26.3. The Morgan fingerprint density at radius 1 is 0.973 bits per heavy atom. The molecule has 0 N–H and O–H groups in total. The Labute approximate surface area is 219 Å². The van der Waals surface area contributed by atoms with Crippen LogP contribution in [-0.4, -0.2) is 36.3 Å². The van der Waals surface area contributed by atoms with Crippen molar-refractivity contribution in [3.63, 3.8) is 0 Å². The van der Waals surface area contributed by atoms with Crippen LogP contribution in [0.4, 0.5) is 4.39 Å². The summed E-state index contributed by atoms with van der Waals surface area (Å²) in [6.07, 6.45) is 3.50. The van der Waals surface area contributed by atoms with E-state index in [0.717, 1.165) is 27.8 Å². The van der Waals surface area contributed by atoms with Gasteiger partial charge in [-0.3, -0.25) is 0 Å². The molecule has 2 heterocycles. The summed E-state index contributed by atoms with van der Waals surface area (Å²) in [5.74, 6) is 0.827. The highest BCUT2D eigenvalue weighted by atomic mass is 35.5. The molecule has 6 nitrogen and oxygen atoms in total. The highest BCUT2D eigenvalue weighted by Gasteiger charge is 2.18. The Morgan fingerprint density at radius 2 is 1.65 bits per heavy atom. The van der Waals surface area contributed by atoms with Crippen LogP contribution in [0.15, 0.2) is 77.8 Å². The number of imidazole rings is 1. The zero-order valence-corrected chi connectivity index (χ0v) is 21.9. The molecule has 188 valence electrons. The maximum atomic E-state index is 13.4. The molecule has 37 heavy (non-hydrogen) atoms. The maximum Gasteiger partial charge on any atom is 0.218 e. The molecule has 0 saturated carbocycles. The van der Waals surface area contributed by atoms with Crippen molar-refractivity contribution in [3.05, 3.63) is 94.9 Å². The Kier molecular flexibility index (Phi) is 6.47. The van der Waals surface area contributed by atoms with E-state index in [0.29, 0.717) is 34.2 Å². The number of nitrogens with zero attached hydrogens (tertiary/aromatic N) is 3. The second-order valence-corrected chi connectivity index (χ2v) is 11.2. The van der Waals surface area contributed by atoms with Gasteiger partial charge in [-0.05, 0) is 54.1 Å². The first-order valence-electron chi connectivity index (χ1n) is 11.4. The van der Waals surface area contributed by atoms with Crippen molar-refractivity contribution in [2.45, 2.75) is 11.3 Å². The number of hydrogen-bond acceptors (Lipinski definition) is 5. The lowest BCUT2D eigenvalue weighted by atomic mass is 10.0. The van der Waals surface area contributed by atoms with Gasteiger partial charge in [-0.15, -0.1) is 0 Å². The van der Waals surface area contributed by atoms with Crippen LogP contribution in [0.5, 0.6) is 5.88 Å². The van der Waals surface area contributed by atoms with E-state index in [1.165, 1.54) is 18.4 Å².